The highest BCUT2D eigenvalue weighted by Crippen LogP contribution is 2.30. The van der Waals surface area contributed by atoms with Crippen molar-refractivity contribution in [2.45, 2.75) is 19.8 Å². The van der Waals surface area contributed by atoms with E-state index in [9.17, 15) is 14.7 Å². The number of carboxylic acids is 1. The molecule has 1 aromatic carbocycles. The molecule has 6 nitrogen and oxygen atoms in total. The van der Waals surface area contributed by atoms with Crippen molar-refractivity contribution >= 4 is 11.9 Å². The summed E-state index contributed by atoms with van der Waals surface area (Å²) in [6.45, 7) is 2.75. The summed E-state index contributed by atoms with van der Waals surface area (Å²) >= 11 is 0. The van der Waals surface area contributed by atoms with Gasteiger partial charge in [0.2, 0.25) is 0 Å². The summed E-state index contributed by atoms with van der Waals surface area (Å²) in [5.74, 6) is -0.608. The average Bonchev–Trinajstić information content (AvgIpc) is 2.53. The number of aryl methyl sites for hydroxylation is 1. The highest BCUT2D eigenvalue weighted by atomic mass is 16.5. The molecule has 1 aliphatic heterocycles. The summed E-state index contributed by atoms with van der Waals surface area (Å²) in [5, 5.41) is 12.1. The van der Waals surface area contributed by atoms with Crippen molar-refractivity contribution in [2.24, 2.45) is 5.41 Å². The van der Waals surface area contributed by atoms with Crippen LogP contribution in [0.5, 0.6) is 5.75 Å². The minimum absolute atomic E-state index is 0.0990. The zero-order valence-corrected chi connectivity index (χ0v) is 12.6. The molecule has 1 fully saturated rings. The molecule has 0 saturated carbocycles. The van der Waals surface area contributed by atoms with Gasteiger partial charge in [-0.15, -0.1) is 0 Å². The third kappa shape index (κ3) is 4.21. The van der Waals surface area contributed by atoms with Gasteiger partial charge in [0.25, 0.3) is 5.91 Å². The van der Waals surface area contributed by atoms with Crippen LogP contribution in [0.4, 0.5) is 0 Å². The van der Waals surface area contributed by atoms with Gasteiger partial charge in [0, 0.05) is 19.8 Å². The van der Waals surface area contributed by atoms with E-state index in [1.54, 1.807) is 12.1 Å². The molecule has 0 bridgehead atoms. The molecule has 1 amide bonds. The van der Waals surface area contributed by atoms with Crippen LogP contribution < -0.4 is 10.1 Å². The second kappa shape index (κ2) is 7.26. The van der Waals surface area contributed by atoms with Gasteiger partial charge in [0.1, 0.15) is 5.75 Å². The van der Waals surface area contributed by atoms with E-state index in [0.717, 1.165) is 5.56 Å². The van der Waals surface area contributed by atoms with E-state index in [-0.39, 0.29) is 19.1 Å². The Hall–Kier alpha value is -2.08. The van der Waals surface area contributed by atoms with E-state index in [4.69, 9.17) is 9.47 Å². The maximum Gasteiger partial charge on any atom is 0.311 e. The minimum atomic E-state index is -0.933. The molecule has 2 N–H and O–H groups in total. The quantitative estimate of drug-likeness (QED) is 0.829. The van der Waals surface area contributed by atoms with E-state index >= 15 is 0 Å². The summed E-state index contributed by atoms with van der Waals surface area (Å²) < 4.78 is 10.6. The Labute approximate surface area is 129 Å². The Morgan fingerprint density at radius 2 is 1.91 bits per heavy atom. The topological polar surface area (TPSA) is 84.9 Å². The highest BCUT2D eigenvalue weighted by molar-refractivity contribution is 5.80. The monoisotopic (exact) mass is 307 g/mol. The first-order valence-electron chi connectivity index (χ1n) is 7.29. The Bertz CT molecular complexity index is 520. The van der Waals surface area contributed by atoms with Crippen molar-refractivity contribution in [1.82, 2.24) is 5.32 Å². The Morgan fingerprint density at radius 3 is 2.50 bits per heavy atom. The SMILES string of the molecule is Cc1ccc(OCC(=O)NCC2(C(=O)O)CCOCC2)cc1. The number of rotatable bonds is 6. The zero-order valence-electron chi connectivity index (χ0n) is 12.6. The summed E-state index contributed by atoms with van der Waals surface area (Å²) in [6.07, 6.45) is 0.808. The van der Waals surface area contributed by atoms with Crippen LogP contribution in [0.2, 0.25) is 0 Å². The van der Waals surface area contributed by atoms with E-state index in [1.165, 1.54) is 0 Å². The van der Waals surface area contributed by atoms with Crippen molar-refractivity contribution in [3.63, 3.8) is 0 Å². The third-order valence-corrected chi connectivity index (χ3v) is 3.92. The number of ether oxygens (including phenoxy) is 2. The predicted octanol–water partition coefficient (Wildman–Crippen LogP) is 1.37. The van der Waals surface area contributed by atoms with Crippen LogP contribution in [-0.2, 0) is 14.3 Å². The van der Waals surface area contributed by atoms with Gasteiger partial charge in [-0.1, -0.05) is 17.7 Å². The maximum atomic E-state index is 11.8. The van der Waals surface area contributed by atoms with Crippen LogP contribution in [0, 0.1) is 12.3 Å². The van der Waals surface area contributed by atoms with Crippen LogP contribution in [0.3, 0.4) is 0 Å². The van der Waals surface area contributed by atoms with Crippen molar-refractivity contribution in [3.05, 3.63) is 29.8 Å². The second-order valence-electron chi connectivity index (χ2n) is 5.58. The largest absolute Gasteiger partial charge is 0.484 e. The summed E-state index contributed by atoms with van der Waals surface area (Å²) in [4.78, 5) is 23.3. The summed E-state index contributed by atoms with van der Waals surface area (Å²) in [5.41, 5.74) is 0.178. The number of nitrogens with one attached hydrogen (secondary N) is 1. The molecule has 2 rings (SSSR count). The standard InChI is InChI=1S/C16H21NO5/c1-12-2-4-13(5-3-12)22-10-14(18)17-11-16(15(19)20)6-8-21-9-7-16/h2-5H,6-11H2,1H3,(H,17,18)(H,19,20). The molecule has 0 aromatic heterocycles. The fraction of sp³-hybridized carbons (Fsp3) is 0.500. The molecule has 1 heterocycles. The number of hydrogen-bond acceptors (Lipinski definition) is 4. The molecule has 0 spiro atoms. The van der Waals surface area contributed by atoms with Crippen molar-refractivity contribution in [3.8, 4) is 5.75 Å². The molecule has 0 radical (unpaired) electrons. The molecule has 22 heavy (non-hydrogen) atoms. The Morgan fingerprint density at radius 1 is 1.27 bits per heavy atom. The fourth-order valence-corrected chi connectivity index (χ4v) is 2.33. The third-order valence-electron chi connectivity index (χ3n) is 3.92. The van der Waals surface area contributed by atoms with Crippen molar-refractivity contribution < 1.29 is 24.2 Å². The number of hydrogen-bond donors (Lipinski definition) is 2. The molecule has 0 unspecified atom stereocenters. The van der Waals surface area contributed by atoms with E-state index in [2.05, 4.69) is 5.32 Å². The van der Waals surface area contributed by atoms with E-state index in [1.807, 2.05) is 19.1 Å². The van der Waals surface area contributed by atoms with Crippen LogP contribution in [0.15, 0.2) is 24.3 Å². The molecule has 1 saturated heterocycles. The van der Waals surface area contributed by atoms with Gasteiger partial charge < -0.3 is 19.9 Å². The van der Waals surface area contributed by atoms with Gasteiger partial charge in [-0.25, -0.2) is 0 Å². The number of carboxylic acid groups (broad SMARTS) is 1. The first kappa shape index (κ1) is 16.3. The van der Waals surface area contributed by atoms with Gasteiger partial charge >= 0.3 is 5.97 Å². The van der Waals surface area contributed by atoms with E-state index < -0.39 is 11.4 Å². The summed E-state index contributed by atoms with van der Waals surface area (Å²) in [7, 11) is 0. The van der Waals surface area contributed by atoms with Gasteiger partial charge in [0.15, 0.2) is 6.61 Å². The molecule has 120 valence electrons. The van der Waals surface area contributed by atoms with Crippen LogP contribution in [0.1, 0.15) is 18.4 Å². The van der Waals surface area contributed by atoms with Crippen molar-refractivity contribution in [1.29, 1.82) is 0 Å². The number of aliphatic carboxylic acids is 1. The highest BCUT2D eigenvalue weighted by Gasteiger charge is 2.40. The number of amides is 1. The lowest BCUT2D eigenvalue weighted by Crippen LogP contribution is -2.47. The normalized spacial score (nSPS) is 16.8. The Kier molecular flexibility index (Phi) is 5.38. The van der Waals surface area contributed by atoms with Crippen LogP contribution >= 0.6 is 0 Å². The van der Waals surface area contributed by atoms with Gasteiger partial charge in [-0.05, 0) is 31.9 Å². The number of benzene rings is 1. The van der Waals surface area contributed by atoms with E-state index in [0.29, 0.717) is 31.8 Å². The molecule has 1 aliphatic rings. The second-order valence-corrected chi connectivity index (χ2v) is 5.58. The first-order chi connectivity index (χ1) is 10.5. The lowest BCUT2D eigenvalue weighted by molar-refractivity contribution is -0.154. The van der Waals surface area contributed by atoms with Crippen LogP contribution in [-0.4, -0.2) is 43.3 Å². The fourth-order valence-electron chi connectivity index (χ4n) is 2.33. The maximum absolute atomic E-state index is 11.8. The van der Waals surface area contributed by atoms with Gasteiger partial charge in [-0.2, -0.15) is 0 Å². The molecule has 0 aliphatic carbocycles. The average molecular weight is 307 g/mol. The van der Waals surface area contributed by atoms with Crippen molar-refractivity contribution in [2.75, 3.05) is 26.4 Å². The number of carbonyl (C=O) groups excluding carboxylic acids is 1. The molecular formula is C16H21NO5. The van der Waals surface area contributed by atoms with Gasteiger partial charge in [0.05, 0.1) is 5.41 Å². The lowest BCUT2D eigenvalue weighted by atomic mass is 9.80. The molecule has 1 aromatic rings. The van der Waals surface area contributed by atoms with Gasteiger partial charge in [-0.3, -0.25) is 9.59 Å². The predicted molar refractivity (Wildman–Crippen MR) is 79.8 cm³/mol. The lowest BCUT2D eigenvalue weighted by Gasteiger charge is -2.33. The zero-order chi connectivity index (χ0) is 16.0. The van der Waals surface area contributed by atoms with Crippen LogP contribution in [0.25, 0.3) is 0 Å². The molecule has 0 atom stereocenters. The Balaban J connectivity index is 1.81. The smallest absolute Gasteiger partial charge is 0.311 e. The molecular weight excluding hydrogens is 286 g/mol. The minimum Gasteiger partial charge on any atom is -0.484 e. The molecule has 6 heteroatoms. The first-order valence-corrected chi connectivity index (χ1v) is 7.29. The number of carbonyl (C=O) groups is 2. The summed E-state index contributed by atoms with van der Waals surface area (Å²) in [6, 6.07) is 7.38.